The van der Waals surface area contributed by atoms with Crippen LogP contribution in [0.5, 0.6) is 0 Å². The van der Waals surface area contributed by atoms with Gasteiger partial charge in [-0.2, -0.15) is 0 Å². The summed E-state index contributed by atoms with van der Waals surface area (Å²) in [5, 5.41) is 6.92. The monoisotopic (exact) mass is 454 g/mol. The summed E-state index contributed by atoms with van der Waals surface area (Å²) in [6.45, 7) is 9.54. The third-order valence-electron chi connectivity index (χ3n) is 4.88. The van der Waals surface area contributed by atoms with Gasteiger partial charge in [0.05, 0.1) is 19.1 Å². The molecule has 1 N–H and O–H groups in total. The summed E-state index contributed by atoms with van der Waals surface area (Å²) >= 11 is 0. The molecule has 1 atom stereocenters. The first-order valence-corrected chi connectivity index (χ1v) is 10.8. The van der Waals surface area contributed by atoms with Crippen LogP contribution in [0.15, 0.2) is 62.8 Å². The highest BCUT2D eigenvalue weighted by Crippen LogP contribution is 2.22. The third kappa shape index (κ3) is 6.44. The van der Waals surface area contributed by atoms with E-state index in [0.717, 1.165) is 5.56 Å². The zero-order chi connectivity index (χ0) is 24.2. The highest BCUT2D eigenvalue weighted by atomic mass is 16.6. The summed E-state index contributed by atoms with van der Waals surface area (Å²) in [6.07, 6.45) is 0.891. The molecule has 0 saturated heterocycles. The molecular weight excluding hydrogens is 424 g/mol. The number of carbonyl (C=O) groups excluding carboxylic acids is 1. The number of hydrogen-bond donors (Lipinski definition) is 1. The largest absolute Gasteiger partial charge is 0.444 e. The van der Waals surface area contributed by atoms with E-state index in [1.165, 1.54) is 21.4 Å². The second-order valence-electron chi connectivity index (χ2n) is 9.22. The van der Waals surface area contributed by atoms with Crippen molar-refractivity contribution in [2.24, 2.45) is 5.92 Å². The van der Waals surface area contributed by atoms with Gasteiger partial charge in [0, 0.05) is 18.3 Å². The Kier molecular flexibility index (Phi) is 7.20. The minimum atomic E-state index is -0.620. The van der Waals surface area contributed by atoms with Crippen molar-refractivity contribution in [2.45, 2.75) is 59.4 Å². The molecule has 0 saturated carbocycles. The molecule has 0 radical (unpaired) electrons. The Morgan fingerprint density at radius 1 is 1.12 bits per heavy atom. The molecule has 0 aliphatic carbocycles. The molecule has 0 aliphatic heterocycles. The number of benzene rings is 1. The first kappa shape index (κ1) is 24.0. The predicted molar refractivity (Wildman–Crippen MR) is 123 cm³/mol. The van der Waals surface area contributed by atoms with Crippen molar-refractivity contribution in [1.82, 2.24) is 19.6 Å². The van der Waals surface area contributed by atoms with Gasteiger partial charge in [0.1, 0.15) is 11.3 Å². The van der Waals surface area contributed by atoms with E-state index in [2.05, 4.69) is 10.5 Å². The van der Waals surface area contributed by atoms with Crippen LogP contribution in [0, 0.1) is 5.92 Å². The number of ether oxygens (including phenoxy) is 1. The summed E-state index contributed by atoms with van der Waals surface area (Å²) in [7, 11) is 0. The molecule has 9 nitrogen and oxygen atoms in total. The molecule has 0 aliphatic rings. The minimum absolute atomic E-state index is 0.0194. The van der Waals surface area contributed by atoms with E-state index >= 15 is 0 Å². The van der Waals surface area contributed by atoms with E-state index in [-0.39, 0.29) is 24.6 Å². The highest BCUT2D eigenvalue weighted by molar-refractivity contribution is 5.68. The summed E-state index contributed by atoms with van der Waals surface area (Å²) in [4.78, 5) is 37.4. The highest BCUT2D eigenvalue weighted by Gasteiger charge is 2.25. The number of amides is 1. The van der Waals surface area contributed by atoms with Gasteiger partial charge < -0.3 is 14.6 Å². The third-order valence-corrected chi connectivity index (χ3v) is 4.88. The summed E-state index contributed by atoms with van der Waals surface area (Å²) in [5.41, 5.74) is -0.0674. The minimum Gasteiger partial charge on any atom is -0.444 e. The van der Waals surface area contributed by atoms with Crippen LogP contribution in [0.2, 0.25) is 0 Å². The van der Waals surface area contributed by atoms with Crippen molar-refractivity contribution in [3.63, 3.8) is 0 Å². The molecule has 9 heteroatoms. The Bertz CT molecular complexity index is 1200. The number of hydrogen-bond acceptors (Lipinski definition) is 6. The van der Waals surface area contributed by atoms with E-state index in [1.807, 2.05) is 44.2 Å². The van der Waals surface area contributed by atoms with Crippen LogP contribution in [-0.2, 0) is 17.8 Å². The van der Waals surface area contributed by atoms with Gasteiger partial charge in [0.2, 0.25) is 0 Å². The van der Waals surface area contributed by atoms with Gasteiger partial charge in [-0.25, -0.2) is 9.59 Å². The lowest BCUT2D eigenvalue weighted by atomic mass is 10.0. The lowest BCUT2D eigenvalue weighted by Crippen LogP contribution is -2.39. The Hall–Kier alpha value is -3.62. The second kappa shape index (κ2) is 9.89. The van der Waals surface area contributed by atoms with Crippen molar-refractivity contribution < 1.29 is 14.1 Å². The lowest BCUT2D eigenvalue weighted by Gasteiger charge is -2.24. The van der Waals surface area contributed by atoms with Crippen LogP contribution in [0.25, 0.3) is 0 Å². The average molecular weight is 455 g/mol. The van der Waals surface area contributed by atoms with Crippen molar-refractivity contribution in [3.8, 4) is 0 Å². The molecule has 3 rings (SSSR count). The van der Waals surface area contributed by atoms with Crippen LogP contribution in [0.3, 0.4) is 0 Å². The Labute approximate surface area is 192 Å². The predicted octanol–water partition coefficient (Wildman–Crippen LogP) is 3.32. The molecule has 33 heavy (non-hydrogen) atoms. The van der Waals surface area contributed by atoms with Crippen molar-refractivity contribution >= 4 is 6.09 Å². The fourth-order valence-corrected chi connectivity index (χ4v) is 3.32. The molecular formula is C24H30N4O5. The Balaban J connectivity index is 1.79. The van der Waals surface area contributed by atoms with Gasteiger partial charge in [0.15, 0.2) is 5.76 Å². The maximum Gasteiger partial charge on any atom is 0.408 e. The van der Waals surface area contributed by atoms with E-state index in [9.17, 15) is 14.4 Å². The topological polar surface area (TPSA) is 108 Å². The number of nitrogens with zero attached hydrogens (tertiary/aromatic N) is 3. The molecule has 1 amide bonds. The molecule has 1 aromatic carbocycles. The fourth-order valence-electron chi connectivity index (χ4n) is 3.32. The lowest BCUT2D eigenvalue weighted by molar-refractivity contribution is 0.0487. The van der Waals surface area contributed by atoms with E-state index in [1.54, 1.807) is 26.8 Å². The van der Waals surface area contributed by atoms with E-state index in [0.29, 0.717) is 11.5 Å². The molecule has 2 heterocycles. The van der Waals surface area contributed by atoms with Gasteiger partial charge in [-0.15, -0.1) is 0 Å². The van der Waals surface area contributed by atoms with Crippen LogP contribution < -0.4 is 16.6 Å². The van der Waals surface area contributed by atoms with Gasteiger partial charge in [-0.3, -0.25) is 13.9 Å². The van der Waals surface area contributed by atoms with Crippen molar-refractivity contribution in [1.29, 1.82) is 0 Å². The Morgan fingerprint density at radius 2 is 1.82 bits per heavy atom. The van der Waals surface area contributed by atoms with Gasteiger partial charge >= 0.3 is 11.8 Å². The van der Waals surface area contributed by atoms with Crippen LogP contribution in [0.4, 0.5) is 4.79 Å². The molecule has 0 fully saturated rings. The van der Waals surface area contributed by atoms with Crippen LogP contribution >= 0.6 is 0 Å². The van der Waals surface area contributed by atoms with E-state index in [4.69, 9.17) is 9.26 Å². The first-order valence-electron chi connectivity index (χ1n) is 10.8. The smallest absolute Gasteiger partial charge is 0.408 e. The second-order valence-corrected chi connectivity index (χ2v) is 9.22. The zero-order valence-corrected chi connectivity index (χ0v) is 19.6. The number of aromatic nitrogens is 3. The average Bonchev–Trinajstić information content (AvgIpc) is 3.19. The maximum absolute atomic E-state index is 12.9. The van der Waals surface area contributed by atoms with Crippen molar-refractivity contribution in [3.05, 3.63) is 86.5 Å². The van der Waals surface area contributed by atoms with Gasteiger partial charge in [-0.05, 0) is 32.3 Å². The molecule has 2 aromatic heterocycles. The van der Waals surface area contributed by atoms with Gasteiger partial charge in [0.25, 0.3) is 5.56 Å². The summed E-state index contributed by atoms with van der Waals surface area (Å²) < 4.78 is 13.3. The first-order chi connectivity index (χ1) is 15.5. The number of nitrogens with one attached hydrogen (secondary N) is 1. The number of carbonyl (C=O) groups is 1. The quantitative estimate of drug-likeness (QED) is 0.587. The molecule has 176 valence electrons. The standard InChI is InChI=1S/C24H30N4O5/c1-16(2)21(25-22(30)32-24(3,4)5)19-13-18(33-26-19)15-27-12-11-20(29)28(23(27)31)14-17-9-7-6-8-10-17/h6-13,16,21H,14-15H2,1-5H3,(H,25,30)/t21-/m0/s1. The number of rotatable bonds is 7. The number of alkyl carbamates (subject to hydrolysis) is 1. The van der Waals surface area contributed by atoms with Crippen LogP contribution in [-0.4, -0.2) is 26.0 Å². The molecule has 3 aromatic rings. The van der Waals surface area contributed by atoms with Gasteiger partial charge in [-0.1, -0.05) is 49.3 Å². The summed E-state index contributed by atoms with van der Waals surface area (Å²) in [6, 6.07) is 11.9. The SMILES string of the molecule is CC(C)[C@H](NC(=O)OC(C)(C)C)c1cc(Cn2ccc(=O)n(Cc3ccccc3)c2=O)on1. The Morgan fingerprint density at radius 3 is 2.45 bits per heavy atom. The maximum atomic E-state index is 12.9. The molecule has 0 unspecified atom stereocenters. The molecule has 0 bridgehead atoms. The molecule has 0 spiro atoms. The fraction of sp³-hybridized carbons (Fsp3) is 0.417. The van der Waals surface area contributed by atoms with E-state index < -0.39 is 23.4 Å². The van der Waals surface area contributed by atoms with Crippen molar-refractivity contribution in [2.75, 3.05) is 0 Å². The zero-order valence-electron chi connectivity index (χ0n) is 19.6. The normalized spacial score (nSPS) is 12.5. The summed E-state index contributed by atoms with van der Waals surface area (Å²) in [5.74, 6) is 0.444. The van der Waals surface area contributed by atoms with Crippen LogP contribution in [0.1, 0.15) is 57.7 Å².